The molecule has 0 aliphatic heterocycles. The topological polar surface area (TPSA) is 86.6 Å². The number of aliphatic hydroxyl groups is 1. The zero-order chi connectivity index (χ0) is 14.8. The maximum Gasteiger partial charge on any atom is 0.307 e. The van der Waals surface area contributed by atoms with Gasteiger partial charge in [-0.15, -0.1) is 0 Å². The fraction of sp³-hybridized carbons (Fsp3) is 0.867. The fourth-order valence-electron chi connectivity index (χ4n) is 3.78. The van der Waals surface area contributed by atoms with E-state index in [2.05, 4.69) is 5.32 Å². The van der Waals surface area contributed by atoms with Gasteiger partial charge in [0.25, 0.3) is 0 Å². The van der Waals surface area contributed by atoms with Crippen molar-refractivity contribution in [2.24, 2.45) is 23.2 Å². The molecule has 0 spiro atoms. The minimum atomic E-state index is -0.868. The van der Waals surface area contributed by atoms with E-state index in [1.54, 1.807) is 0 Å². The van der Waals surface area contributed by atoms with Gasteiger partial charge in [-0.1, -0.05) is 19.8 Å². The maximum atomic E-state index is 12.3. The highest BCUT2D eigenvalue weighted by Gasteiger charge is 2.42. The summed E-state index contributed by atoms with van der Waals surface area (Å²) in [7, 11) is 0. The summed E-state index contributed by atoms with van der Waals surface area (Å²) in [6.45, 7) is 2.56. The van der Waals surface area contributed by atoms with Gasteiger partial charge in [0, 0.05) is 12.0 Å². The Morgan fingerprint density at radius 2 is 1.80 bits per heavy atom. The van der Waals surface area contributed by atoms with Gasteiger partial charge in [0.15, 0.2) is 0 Å². The summed E-state index contributed by atoms with van der Waals surface area (Å²) in [5.41, 5.74) is -0.182. The molecule has 0 bridgehead atoms. The van der Waals surface area contributed by atoms with Crippen molar-refractivity contribution in [3.05, 3.63) is 0 Å². The molecule has 2 aliphatic rings. The highest BCUT2D eigenvalue weighted by molar-refractivity contribution is 5.85. The van der Waals surface area contributed by atoms with Crippen molar-refractivity contribution in [3.63, 3.8) is 0 Å². The molecule has 2 fully saturated rings. The molecule has 2 aliphatic carbocycles. The number of amides is 1. The van der Waals surface area contributed by atoms with Crippen LogP contribution in [0.25, 0.3) is 0 Å². The Balaban J connectivity index is 1.92. The first-order valence-electron chi connectivity index (χ1n) is 7.59. The molecule has 0 aromatic heterocycles. The van der Waals surface area contributed by atoms with Gasteiger partial charge >= 0.3 is 5.97 Å². The molecule has 1 amide bonds. The Morgan fingerprint density at radius 1 is 1.20 bits per heavy atom. The number of carbonyl (C=O) groups excluding carboxylic acids is 1. The second-order valence-corrected chi connectivity index (χ2v) is 6.71. The fourth-order valence-corrected chi connectivity index (χ4v) is 3.78. The van der Waals surface area contributed by atoms with Crippen molar-refractivity contribution in [3.8, 4) is 0 Å². The van der Waals surface area contributed by atoms with E-state index in [4.69, 9.17) is 0 Å². The molecule has 20 heavy (non-hydrogen) atoms. The molecule has 2 saturated carbocycles. The molecule has 0 radical (unpaired) electrons. The van der Waals surface area contributed by atoms with E-state index in [1.807, 2.05) is 6.92 Å². The van der Waals surface area contributed by atoms with Crippen LogP contribution >= 0.6 is 0 Å². The molecular weight excluding hydrogens is 258 g/mol. The summed E-state index contributed by atoms with van der Waals surface area (Å²) in [6.07, 6.45) is 5.29. The molecule has 0 aromatic carbocycles. The molecule has 114 valence electrons. The lowest BCUT2D eigenvalue weighted by atomic mass is 9.86. The Hall–Kier alpha value is -1.10. The minimum Gasteiger partial charge on any atom is -0.481 e. The molecule has 0 saturated heterocycles. The molecule has 2 rings (SSSR count). The SMILES string of the molecule is CC1CC(C(=O)O)C(C(=O)NCC2(CO)CCCC2)C1. The molecule has 3 N–H and O–H groups in total. The third-order valence-electron chi connectivity index (χ3n) is 5.09. The van der Waals surface area contributed by atoms with Gasteiger partial charge in [0.2, 0.25) is 5.91 Å². The standard InChI is InChI=1S/C15H25NO4/c1-10-6-11(12(7-10)14(19)20)13(18)16-8-15(9-17)4-2-3-5-15/h10-12,17H,2-9H2,1H3,(H,16,18)(H,19,20). The van der Waals surface area contributed by atoms with Crippen LogP contribution in [-0.4, -0.2) is 35.2 Å². The Bertz CT molecular complexity index is 376. The second kappa shape index (κ2) is 6.12. The van der Waals surface area contributed by atoms with Crippen molar-refractivity contribution in [1.29, 1.82) is 0 Å². The van der Waals surface area contributed by atoms with Gasteiger partial charge in [-0.2, -0.15) is 0 Å². The molecule has 0 heterocycles. The first-order chi connectivity index (χ1) is 9.47. The van der Waals surface area contributed by atoms with Crippen LogP contribution < -0.4 is 5.32 Å². The monoisotopic (exact) mass is 283 g/mol. The van der Waals surface area contributed by atoms with Crippen LogP contribution in [0.1, 0.15) is 45.4 Å². The molecule has 5 heteroatoms. The minimum absolute atomic E-state index is 0.0940. The normalized spacial score (nSPS) is 32.2. The molecule has 3 unspecified atom stereocenters. The number of hydrogen-bond donors (Lipinski definition) is 3. The Morgan fingerprint density at radius 3 is 2.35 bits per heavy atom. The molecule has 3 atom stereocenters. The Kier molecular flexibility index (Phi) is 4.68. The lowest BCUT2D eigenvalue weighted by molar-refractivity contribution is -0.146. The molecular formula is C15H25NO4. The van der Waals surface area contributed by atoms with Crippen molar-refractivity contribution < 1.29 is 19.8 Å². The van der Waals surface area contributed by atoms with Crippen LogP contribution in [0.4, 0.5) is 0 Å². The summed E-state index contributed by atoms with van der Waals surface area (Å²) >= 11 is 0. The average molecular weight is 283 g/mol. The number of rotatable bonds is 5. The van der Waals surface area contributed by atoms with Gasteiger partial charge in [-0.25, -0.2) is 0 Å². The molecule has 5 nitrogen and oxygen atoms in total. The van der Waals surface area contributed by atoms with Crippen molar-refractivity contribution in [2.45, 2.75) is 45.4 Å². The number of aliphatic hydroxyl groups excluding tert-OH is 1. The predicted octanol–water partition coefficient (Wildman–Crippen LogP) is 1.40. The van der Waals surface area contributed by atoms with Gasteiger partial charge < -0.3 is 15.5 Å². The Labute approximate surface area is 119 Å². The first-order valence-corrected chi connectivity index (χ1v) is 7.59. The number of hydrogen-bond acceptors (Lipinski definition) is 3. The van der Waals surface area contributed by atoms with Crippen LogP contribution in [0.3, 0.4) is 0 Å². The summed E-state index contributed by atoms with van der Waals surface area (Å²) in [5.74, 6) is -1.71. The van der Waals surface area contributed by atoms with Crippen LogP contribution in [0.5, 0.6) is 0 Å². The highest BCUT2D eigenvalue weighted by Crippen LogP contribution is 2.38. The van der Waals surface area contributed by atoms with Crippen molar-refractivity contribution in [1.82, 2.24) is 5.32 Å². The smallest absolute Gasteiger partial charge is 0.307 e. The number of carbonyl (C=O) groups is 2. The van der Waals surface area contributed by atoms with Crippen molar-refractivity contribution in [2.75, 3.05) is 13.2 Å². The number of carboxylic acids is 1. The van der Waals surface area contributed by atoms with Crippen LogP contribution in [0, 0.1) is 23.2 Å². The van der Waals surface area contributed by atoms with E-state index in [1.165, 1.54) is 0 Å². The van der Waals surface area contributed by atoms with Gasteiger partial charge in [0.05, 0.1) is 18.4 Å². The van der Waals surface area contributed by atoms with Crippen LogP contribution in [0.15, 0.2) is 0 Å². The second-order valence-electron chi connectivity index (χ2n) is 6.71. The summed E-state index contributed by atoms with van der Waals surface area (Å²) < 4.78 is 0. The van der Waals surface area contributed by atoms with E-state index in [0.29, 0.717) is 19.4 Å². The summed E-state index contributed by atoms with van der Waals surface area (Å²) in [4.78, 5) is 23.5. The third kappa shape index (κ3) is 3.14. The summed E-state index contributed by atoms with van der Waals surface area (Å²) in [6, 6.07) is 0. The predicted molar refractivity (Wildman–Crippen MR) is 74.0 cm³/mol. The van der Waals surface area contributed by atoms with Gasteiger partial charge in [0.1, 0.15) is 0 Å². The van der Waals surface area contributed by atoms with E-state index >= 15 is 0 Å². The lowest BCUT2D eigenvalue weighted by Crippen LogP contribution is -2.42. The van der Waals surface area contributed by atoms with E-state index in [0.717, 1.165) is 25.7 Å². The molecule has 0 aromatic rings. The van der Waals surface area contributed by atoms with E-state index in [9.17, 15) is 19.8 Å². The quantitative estimate of drug-likeness (QED) is 0.712. The lowest BCUT2D eigenvalue weighted by Gasteiger charge is -2.27. The average Bonchev–Trinajstić information content (AvgIpc) is 3.03. The van der Waals surface area contributed by atoms with Crippen LogP contribution in [0.2, 0.25) is 0 Å². The zero-order valence-corrected chi connectivity index (χ0v) is 12.1. The van der Waals surface area contributed by atoms with Gasteiger partial charge in [-0.05, 0) is 31.6 Å². The highest BCUT2D eigenvalue weighted by atomic mass is 16.4. The van der Waals surface area contributed by atoms with Crippen molar-refractivity contribution >= 4 is 11.9 Å². The number of carboxylic acid groups (broad SMARTS) is 1. The van der Waals surface area contributed by atoms with E-state index < -0.39 is 17.8 Å². The van der Waals surface area contributed by atoms with Gasteiger partial charge in [-0.3, -0.25) is 9.59 Å². The third-order valence-corrected chi connectivity index (χ3v) is 5.09. The number of aliphatic carboxylic acids is 1. The zero-order valence-electron chi connectivity index (χ0n) is 12.1. The largest absolute Gasteiger partial charge is 0.481 e. The maximum absolute atomic E-state index is 12.3. The summed E-state index contributed by atoms with van der Waals surface area (Å²) in [5, 5.41) is 21.6. The first kappa shape index (κ1) is 15.3. The van der Waals surface area contributed by atoms with Crippen LogP contribution in [-0.2, 0) is 9.59 Å². The number of nitrogens with one attached hydrogen (secondary N) is 1. The van der Waals surface area contributed by atoms with E-state index in [-0.39, 0.29) is 23.8 Å².